The summed E-state index contributed by atoms with van der Waals surface area (Å²) in [7, 11) is 0. The average Bonchev–Trinajstić information content (AvgIpc) is 2.29. The molecular weight excluding hydrogens is 208 g/mol. The van der Waals surface area contributed by atoms with Gasteiger partial charge in [-0.3, -0.25) is 14.6 Å². The number of ether oxygens (including phenoxy) is 1. The standard InChI is InChI=1S/C11H12N2O3/c1-2-16-11(15)9-8-3-4-12-5-7(8)6-13-10(9)14/h3-5,9H,2,6H2,1H3,(H,13,14)/t9-/m1/s1. The van der Waals surface area contributed by atoms with E-state index in [1.807, 2.05) is 0 Å². The molecule has 0 aromatic carbocycles. The van der Waals surface area contributed by atoms with Crippen LogP contribution in [0.2, 0.25) is 0 Å². The van der Waals surface area contributed by atoms with Crippen molar-refractivity contribution in [2.24, 2.45) is 0 Å². The third-order valence-corrected chi connectivity index (χ3v) is 2.49. The van der Waals surface area contributed by atoms with Gasteiger partial charge in [-0.05, 0) is 24.1 Å². The fourth-order valence-electron chi connectivity index (χ4n) is 1.75. The summed E-state index contributed by atoms with van der Waals surface area (Å²) in [6, 6.07) is 1.69. The summed E-state index contributed by atoms with van der Waals surface area (Å²) >= 11 is 0. The molecule has 16 heavy (non-hydrogen) atoms. The second-order valence-corrected chi connectivity index (χ2v) is 3.48. The maximum Gasteiger partial charge on any atom is 0.323 e. The molecule has 1 N–H and O–H groups in total. The fourth-order valence-corrected chi connectivity index (χ4v) is 1.75. The lowest BCUT2D eigenvalue weighted by molar-refractivity contribution is -0.148. The highest BCUT2D eigenvalue weighted by atomic mass is 16.5. The highest BCUT2D eigenvalue weighted by molar-refractivity contribution is 6.04. The van der Waals surface area contributed by atoms with Gasteiger partial charge >= 0.3 is 5.97 Å². The lowest BCUT2D eigenvalue weighted by atomic mass is 9.92. The van der Waals surface area contributed by atoms with Gasteiger partial charge in [0, 0.05) is 18.9 Å². The van der Waals surface area contributed by atoms with Crippen LogP contribution in [0.1, 0.15) is 24.0 Å². The van der Waals surface area contributed by atoms with Crippen molar-refractivity contribution >= 4 is 11.9 Å². The van der Waals surface area contributed by atoms with Crippen LogP contribution in [0.5, 0.6) is 0 Å². The first-order chi connectivity index (χ1) is 7.74. The van der Waals surface area contributed by atoms with Crippen LogP contribution >= 0.6 is 0 Å². The number of fused-ring (bicyclic) bond motifs is 1. The highest BCUT2D eigenvalue weighted by Gasteiger charge is 2.34. The van der Waals surface area contributed by atoms with Crippen LogP contribution in [0.15, 0.2) is 18.5 Å². The maximum absolute atomic E-state index is 11.7. The van der Waals surface area contributed by atoms with E-state index < -0.39 is 11.9 Å². The number of hydrogen-bond acceptors (Lipinski definition) is 4. The Balaban J connectivity index is 2.37. The van der Waals surface area contributed by atoms with Gasteiger partial charge in [0.1, 0.15) is 0 Å². The van der Waals surface area contributed by atoms with Crippen molar-refractivity contribution in [3.05, 3.63) is 29.6 Å². The van der Waals surface area contributed by atoms with Crippen molar-refractivity contribution in [1.29, 1.82) is 0 Å². The van der Waals surface area contributed by atoms with Gasteiger partial charge in [-0.1, -0.05) is 0 Å². The van der Waals surface area contributed by atoms with E-state index in [1.54, 1.807) is 25.4 Å². The molecule has 1 aromatic heterocycles. The molecule has 2 rings (SSSR count). The number of aromatic nitrogens is 1. The zero-order valence-electron chi connectivity index (χ0n) is 8.90. The minimum absolute atomic E-state index is 0.267. The van der Waals surface area contributed by atoms with Crippen LogP contribution in [0.3, 0.4) is 0 Å². The average molecular weight is 220 g/mol. The molecule has 2 heterocycles. The van der Waals surface area contributed by atoms with Gasteiger partial charge in [0.05, 0.1) is 6.61 Å². The van der Waals surface area contributed by atoms with Crippen LogP contribution in [0.25, 0.3) is 0 Å². The first-order valence-electron chi connectivity index (χ1n) is 5.11. The minimum Gasteiger partial charge on any atom is -0.465 e. The van der Waals surface area contributed by atoms with Crippen molar-refractivity contribution in [1.82, 2.24) is 10.3 Å². The number of amides is 1. The molecule has 1 aromatic rings. The van der Waals surface area contributed by atoms with Gasteiger partial charge in [-0.15, -0.1) is 0 Å². The Hall–Kier alpha value is -1.91. The number of nitrogens with one attached hydrogen (secondary N) is 1. The van der Waals surface area contributed by atoms with E-state index in [2.05, 4.69) is 10.3 Å². The predicted octanol–water partition coefficient (Wildman–Crippen LogP) is 0.358. The SMILES string of the molecule is CCOC(=O)[C@H]1C(=O)NCc2cnccc21. The zero-order chi connectivity index (χ0) is 11.5. The van der Waals surface area contributed by atoms with Crippen LogP contribution in [-0.4, -0.2) is 23.5 Å². The van der Waals surface area contributed by atoms with Crippen molar-refractivity contribution in [2.45, 2.75) is 19.4 Å². The quantitative estimate of drug-likeness (QED) is 0.577. The molecule has 84 valence electrons. The molecule has 1 amide bonds. The molecule has 0 aliphatic carbocycles. The monoisotopic (exact) mass is 220 g/mol. The minimum atomic E-state index is -0.855. The Morgan fingerprint density at radius 3 is 3.25 bits per heavy atom. The topological polar surface area (TPSA) is 68.3 Å². The summed E-state index contributed by atoms with van der Waals surface area (Å²) in [5.41, 5.74) is 1.55. The summed E-state index contributed by atoms with van der Waals surface area (Å²) in [4.78, 5) is 27.3. The normalized spacial score (nSPS) is 18.6. The molecule has 0 bridgehead atoms. The Bertz CT molecular complexity index is 431. The molecule has 1 atom stereocenters. The number of carbonyl (C=O) groups is 2. The van der Waals surface area contributed by atoms with Crippen LogP contribution in [-0.2, 0) is 20.9 Å². The Morgan fingerprint density at radius 2 is 2.50 bits per heavy atom. The van der Waals surface area contributed by atoms with Crippen LogP contribution < -0.4 is 5.32 Å². The molecule has 0 radical (unpaired) electrons. The van der Waals surface area contributed by atoms with Crippen LogP contribution in [0.4, 0.5) is 0 Å². The van der Waals surface area contributed by atoms with Gasteiger partial charge in [0.25, 0.3) is 0 Å². The summed E-state index contributed by atoms with van der Waals surface area (Å²) in [5.74, 6) is -1.67. The van der Waals surface area contributed by atoms with Crippen molar-refractivity contribution < 1.29 is 14.3 Å². The van der Waals surface area contributed by atoms with E-state index in [0.717, 1.165) is 5.56 Å². The molecule has 5 heteroatoms. The van der Waals surface area contributed by atoms with E-state index in [1.165, 1.54) is 0 Å². The van der Waals surface area contributed by atoms with E-state index in [4.69, 9.17) is 4.74 Å². The molecule has 1 aliphatic rings. The van der Waals surface area contributed by atoms with Gasteiger partial charge in [-0.2, -0.15) is 0 Å². The third kappa shape index (κ3) is 1.76. The Labute approximate surface area is 92.8 Å². The first-order valence-corrected chi connectivity index (χ1v) is 5.11. The number of hydrogen-bond donors (Lipinski definition) is 1. The summed E-state index contributed by atoms with van der Waals surface area (Å²) in [6.45, 7) is 2.40. The molecule has 5 nitrogen and oxygen atoms in total. The predicted molar refractivity (Wildman–Crippen MR) is 55.5 cm³/mol. The van der Waals surface area contributed by atoms with E-state index >= 15 is 0 Å². The fraction of sp³-hybridized carbons (Fsp3) is 0.364. The maximum atomic E-state index is 11.7. The summed E-state index contributed by atoms with van der Waals surface area (Å²) < 4.78 is 4.89. The number of esters is 1. The molecule has 0 spiro atoms. The van der Waals surface area contributed by atoms with E-state index in [9.17, 15) is 9.59 Å². The van der Waals surface area contributed by atoms with Gasteiger partial charge < -0.3 is 10.1 Å². The van der Waals surface area contributed by atoms with Gasteiger partial charge in [-0.25, -0.2) is 0 Å². The second kappa shape index (κ2) is 4.30. The highest BCUT2D eigenvalue weighted by Crippen LogP contribution is 2.24. The van der Waals surface area contributed by atoms with Gasteiger partial charge in [0.15, 0.2) is 5.92 Å². The van der Waals surface area contributed by atoms with Crippen molar-refractivity contribution in [3.63, 3.8) is 0 Å². The van der Waals surface area contributed by atoms with E-state index in [0.29, 0.717) is 12.1 Å². The van der Waals surface area contributed by atoms with Crippen molar-refractivity contribution in [2.75, 3.05) is 6.61 Å². The van der Waals surface area contributed by atoms with Gasteiger partial charge in [0.2, 0.25) is 5.91 Å². The second-order valence-electron chi connectivity index (χ2n) is 3.48. The first kappa shape index (κ1) is 10.6. The lowest BCUT2D eigenvalue weighted by Gasteiger charge is -2.23. The number of nitrogens with zero attached hydrogens (tertiary/aromatic N) is 1. The molecular formula is C11H12N2O3. The number of carbonyl (C=O) groups excluding carboxylic acids is 2. The third-order valence-electron chi connectivity index (χ3n) is 2.49. The Kier molecular flexibility index (Phi) is 2.85. The Morgan fingerprint density at radius 1 is 1.69 bits per heavy atom. The smallest absolute Gasteiger partial charge is 0.323 e. The van der Waals surface area contributed by atoms with E-state index in [-0.39, 0.29) is 12.5 Å². The molecule has 0 unspecified atom stereocenters. The van der Waals surface area contributed by atoms with Crippen molar-refractivity contribution in [3.8, 4) is 0 Å². The largest absolute Gasteiger partial charge is 0.465 e. The summed E-state index contributed by atoms with van der Waals surface area (Å²) in [5, 5.41) is 2.65. The lowest BCUT2D eigenvalue weighted by Crippen LogP contribution is -2.39. The molecule has 0 fully saturated rings. The zero-order valence-corrected chi connectivity index (χ0v) is 8.90. The molecule has 1 aliphatic heterocycles. The number of rotatable bonds is 2. The number of pyridine rings is 1. The van der Waals surface area contributed by atoms with Crippen LogP contribution in [0, 0.1) is 0 Å². The summed E-state index contributed by atoms with van der Waals surface area (Å²) in [6.07, 6.45) is 3.23. The molecule has 0 saturated carbocycles. The molecule has 0 saturated heterocycles.